The van der Waals surface area contributed by atoms with Crippen molar-refractivity contribution >= 4 is 5.69 Å². The molecule has 0 bridgehead atoms. The van der Waals surface area contributed by atoms with Gasteiger partial charge in [-0.3, -0.25) is 0 Å². The molecule has 2 rings (SSSR count). The van der Waals surface area contributed by atoms with Gasteiger partial charge in [-0.25, -0.2) is 0 Å². The molecular formula is C17H28N2O2. The molecule has 1 aromatic carbocycles. The molecule has 1 saturated heterocycles. The Balaban J connectivity index is 1.94. The number of piperidine rings is 1. The van der Waals surface area contributed by atoms with Gasteiger partial charge < -0.3 is 20.1 Å². The van der Waals surface area contributed by atoms with Crippen LogP contribution in [0.3, 0.4) is 0 Å². The Labute approximate surface area is 128 Å². The smallest absolute Gasteiger partial charge is 0.164 e. The van der Waals surface area contributed by atoms with Crippen LogP contribution in [0.2, 0.25) is 0 Å². The fourth-order valence-electron chi connectivity index (χ4n) is 3.24. The maximum Gasteiger partial charge on any atom is 0.164 e. The van der Waals surface area contributed by atoms with E-state index in [4.69, 9.17) is 15.2 Å². The van der Waals surface area contributed by atoms with Gasteiger partial charge in [0.05, 0.1) is 14.2 Å². The van der Waals surface area contributed by atoms with Crippen LogP contribution in [0.5, 0.6) is 11.5 Å². The quantitative estimate of drug-likeness (QED) is 0.819. The van der Waals surface area contributed by atoms with E-state index in [-0.39, 0.29) is 0 Å². The summed E-state index contributed by atoms with van der Waals surface area (Å²) in [4.78, 5) is 2.57. The molecule has 0 aromatic heterocycles. The van der Waals surface area contributed by atoms with Crippen LogP contribution in [0.25, 0.3) is 0 Å². The first-order valence-corrected chi connectivity index (χ1v) is 7.86. The molecule has 0 radical (unpaired) electrons. The largest absolute Gasteiger partial charge is 0.493 e. The molecule has 21 heavy (non-hydrogen) atoms. The number of nitrogens with zero attached hydrogens (tertiary/aromatic N) is 1. The van der Waals surface area contributed by atoms with E-state index >= 15 is 0 Å². The van der Waals surface area contributed by atoms with Crippen molar-refractivity contribution < 1.29 is 9.47 Å². The van der Waals surface area contributed by atoms with Crippen LogP contribution < -0.4 is 15.2 Å². The third-order valence-corrected chi connectivity index (χ3v) is 4.24. The number of methoxy groups -OCH3 is 2. The summed E-state index contributed by atoms with van der Waals surface area (Å²) >= 11 is 0. The van der Waals surface area contributed by atoms with Crippen LogP contribution in [0.1, 0.15) is 31.7 Å². The van der Waals surface area contributed by atoms with Gasteiger partial charge in [0.25, 0.3) is 0 Å². The van der Waals surface area contributed by atoms with E-state index < -0.39 is 0 Å². The van der Waals surface area contributed by atoms with Crippen molar-refractivity contribution in [3.05, 3.63) is 17.7 Å². The van der Waals surface area contributed by atoms with Crippen molar-refractivity contribution in [2.45, 2.75) is 32.6 Å². The first kappa shape index (κ1) is 16.0. The first-order valence-electron chi connectivity index (χ1n) is 7.86. The number of rotatable bonds is 6. The van der Waals surface area contributed by atoms with Crippen LogP contribution in [0.15, 0.2) is 12.1 Å². The number of anilines is 1. The van der Waals surface area contributed by atoms with E-state index in [0.717, 1.165) is 48.1 Å². The Bertz CT molecular complexity index is 462. The predicted molar refractivity (Wildman–Crippen MR) is 87.1 cm³/mol. The second-order valence-electron chi connectivity index (χ2n) is 6.07. The topological polar surface area (TPSA) is 47.7 Å². The fraction of sp³-hybridized carbons (Fsp3) is 0.647. The zero-order valence-electron chi connectivity index (χ0n) is 13.5. The highest BCUT2D eigenvalue weighted by Gasteiger charge is 2.16. The summed E-state index contributed by atoms with van der Waals surface area (Å²) in [5.74, 6) is 2.37. The zero-order valence-corrected chi connectivity index (χ0v) is 13.5. The lowest BCUT2D eigenvalue weighted by molar-refractivity contribution is 0.182. The number of likely N-dealkylation sites (tertiary alicyclic amines) is 1. The summed E-state index contributed by atoms with van der Waals surface area (Å²) in [7, 11) is 3.33. The monoisotopic (exact) mass is 292 g/mol. The maximum absolute atomic E-state index is 5.95. The third-order valence-electron chi connectivity index (χ3n) is 4.24. The normalized spacial score (nSPS) is 19.5. The lowest BCUT2D eigenvalue weighted by Crippen LogP contribution is -2.35. The molecule has 1 aliphatic rings. The molecule has 1 unspecified atom stereocenters. The molecule has 1 heterocycles. The molecule has 2 N–H and O–H groups in total. The Morgan fingerprint density at radius 1 is 1.29 bits per heavy atom. The summed E-state index contributed by atoms with van der Waals surface area (Å²) in [6.07, 6.45) is 4.79. The predicted octanol–water partition coefficient (Wildman–Crippen LogP) is 2.95. The first-order chi connectivity index (χ1) is 10.1. The van der Waals surface area contributed by atoms with Crippen LogP contribution in [0.4, 0.5) is 5.69 Å². The highest BCUT2D eigenvalue weighted by Crippen LogP contribution is 2.34. The van der Waals surface area contributed by atoms with Gasteiger partial charge in [-0.2, -0.15) is 0 Å². The molecule has 1 fully saturated rings. The molecule has 1 aromatic rings. The van der Waals surface area contributed by atoms with E-state index in [2.05, 4.69) is 11.8 Å². The van der Waals surface area contributed by atoms with E-state index in [1.165, 1.54) is 25.9 Å². The number of nitrogen functional groups attached to an aromatic ring is 1. The van der Waals surface area contributed by atoms with E-state index in [0.29, 0.717) is 0 Å². The summed E-state index contributed by atoms with van der Waals surface area (Å²) in [6.45, 7) is 5.96. The average Bonchev–Trinajstić information content (AvgIpc) is 2.46. The second-order valence-corrected chi connectivity index (χ2v) is 6.07. The number of aryl methyl sites for hydroxylation is 1. The highest BCUT2D eigenvalue weighted by atomic mass is 16.5. The standard InChI is InChI=1S/C17H28N2O2/c1-13-6-4-8-19(12-13)9-5-7-14-10-15(18)11-16(20-2)17(14)21-3/h10-11,13H,4-9,12,18H2,1-3H3. The maximum atomic E-state index is 5.95. The lowest BCUT2D eigenvalue weighted by atomic mass is 9.99. The van der Waals surface area contributed by atoms with Crippen molar-refractivity contribution in [3.8, 4) is 11.5 Å². The van der Waals surface area contributed by atoms with E-state index in [9.17, 15) is 0 Å². The van der Waals surface area contributed by atoms with Gasteiger partial charge in [0.1, 0.15) is 0 Å². The van der Waals surface area contributed by atoms with Gasteiger partial charge in [0, 0.05) is 23.9 Å². The van der Waals surface area contributed by atoms with Crippen molar-refractivity contribution in [1.29, 1.82) is 0 Å². The summed E-state index contributed by atoms with van der Waals surface area (Å²) in [6, 6.07) is 3.81. The molecular weight excluding hydrogens is 264 g/mol. The number of hydrogen-bond donors (Lipinski definition) is 1. The Kier molecular flexibility index (Phi) is 5.74. The van der Waals surface area contributed by atoms with Crippen molar-refractivity contribution in [3.63, 3.8) is 0 Å². The van der Waals surface area contributed by atoms with Gasteiger partial charge in [-0.05, 0) is 50.8 Å². The summed E-state index contributed by atoms with van der Waals surface area (Å²) in [5, 5.41) is 0. The van der Waals surface area contributed by atoms with E-state index in [1.807, 2.05) is 12.1 Å². The van der Waals surface area contributed by atoms with Crippen molar-refractivity contribution in [1.82, 2.24) is 4.90 Å². The van der Waals surface area contributed by atoms with Crippen LogP contribution in [-0.4, -0.2) is 38.8 Å². The Morgan fingerprint density at radius 3 is 2.76 bits per heavy atom. The summed E-state index contributed by atoms with van der Waals surface area (Å²) in [5.41, 5.74) is 7.81. The fourth-order valence-corrected chi connectivity index (χ4v) is 3.24. The molecule has 0 amide bonds. The van der Waals surface area contributed by atoms with Gasteiger partial charge in [0.15, 0.2) is 11.5 Å². The minimum absolute atomic E-state index is 0.721. The lowest BCUT2D eigenvalue weighted by Gasteiger charge is -2.30. The van der Waals surface area contributed by atoms with Crippen LogP contribution >= 0.6 is 0 Å². The van der Waals surface area contributed by atoms with Gasteiger partial charge in [0.2, 0.25) is 0 Å². The van der Waals surface area contributed by atoms with E-state index in [1.54, 1.807) is 14.2 Å². The van der Waals surface area contributed by atoms with Crippen molar-refractivity contribution in [2.24, 2.45) is 5.92 Å². The Hall–Kier alpha value is -1.42. The van der Waals surface area contributed by atoms with Gasteiger partial charge >= 0.3 is 0 Å². The van der Waals surface area contributed by atoms with Crippen molar-refractivity contribution in [2.75, 3.05) is 39.6 Å². The molecule has 4 nitrogen and oxygen atoms in total. The molecule has 1 atom stereocenters. The molecule has 4 heteroatoms. The zero-order chi connectivity index (χ0) is 15.2. The van der Waals surface area contributed by atoms with Gasteiger partial charge in [-0.15, -0.1) is 0 Å². The number of benzene rings is 1. The summed E-state index contributed by atoms with van der Waals surface area (Å²) < 4.78 is 10.8. The molecule has 0 aliphatic carbocycles. The van der Waals surface area contributed by atoms with Crippen LogP contribution in [0, 0.1) is 5.92 Å². The second kappa shape index (κ2) is 7.55. The SMILES string of the molecule is COc1cc(N)cc(CCCN2CCCC(C)C2)c1OC. The van der Waals surface area contributed by atoms with Crippen LogP contribution in [-0.2, 0) is 6.42 Å². The number of hydrogen-bond acceptors (Lipinski definition) is 4. The molecule has 0 saturated carbocycles. The third kappa shape index (κ3) is 4.27. The average molecular weight is 292 g/mol. The highest BCUT2D eigenvalue weighted by molar-refractivity contribution is 5.57. The minimum Gasteiger partial charge on any atom is -0.493 e. The number of nitrogens with two attached hydrogens (primary N) is 1. The molecule has 0 spiro atoms. The molecule has 118 valence electrons. The minimum atomic E-state index is 0.721. The van der Waals surface area contributed by atoms with Gasteiger partial charge in [-0.1, -0.05) is 6.92 Å². The number of ether oxygens (including phenoxy) is 2. The molecule has 1 aliphatic heterocycles. The Morgan fingerprint density at radius 2 is 2.10 bits per heavy atom.